The number of thiocarbonyl (C=S) groups is 1. The average molecular weight is 440 g/mol. The summed E-state index contributed by atoms with van der Waals surface area (Å²) >= 11 is 6.30. The number of hydrogen-bond donors (Lipinski definition) is 3. The average Bonchev–Trinajstić information content (AvgIpc) is 2.93. The molecule has 29 heavy (non-hydrogen) atoms. The molecule has 2 rings (SSSR count). The van der Waals surface area contributed by atoms with E-state index in [2.05, 4.69) is 5.32 Å². The number of phenolic OH excluding ortho intramolecular Hbond substituents is 1. The number of thioether (sulfide) groups is 1. The van der Waals surface area contributed by atoms with Crippen molar-refractivity contribution in [2.75, 3.05) is 20.8 Å². The quantitative estimate of drug-likeness (QED) is 0.408. The predicted molar refractivity (Wildman–Crippen MR) is 111 cm³/mol. The highest BCUT2D eigenvalue weighted by atomic mass is 32.2. The standard InChI is InChI=1S/C18H20N2O7S2/c1-9(17(24)25)19-14(21)4-5-20-16(23)13(29-18(20)28)8-10-6-11(26-2)15(22)12(7-10)27-3/h6-9,22H,4-5H2,1-3H3,(H,19,21)(H,24,25)/b13-8-. The molecule has 9 nitrogen and oxygen atoms in total. The molecule has 1 atom stereocenters. The minimum absolute atomic E-state index is 0.0302. The minimum atomic E-state index is -1.15. The van der Waals surface area contributed by atoms with E-state index in [-0.39, 0.29) is 40.4 Å². The third kappa shape index (κ3) is 5.39. The van der Waals surface area contributed by atoms with E-state index in [1.807, 2.05) is 0 Å². The molecule has 0 spiro atoms. The number of hydrogen-bond acceptors (Lipinski definition) is 8. The summed E-state index contributed by atoms with van der Waals surface area (Å²) in [5.74, 6) is -1.78. The second-order valence-corrected chi connectivity index (χ2v) is 7.66. The number of nitrogens with one attached hydrogen (secondary N) is 1. The molecule has 0 aliphatic carbocycles. The van der Waals surface area contributed by atoms with Gasteiger partial charge < -0.3 is 25.0 Å². The lowest BCUT2D eigenvalue weighted by Crippen LogP contribution is -2.40. The summed E-state index contributed by atoms with van der Waals surface area (Å²) in [4.78, 5) is 36.9. The molecule has 0 radical (unpaired) electrons. The van der Waals surface area contributed by atoms with Crippen molar-refractivity contribution in [2.24, 2.45) is 0 Å². The van der Waals surface area contributed by atoms with Crippen LogP contribution in [-0.2, 0) is 14.4 Å². The number of carbonyl (C=O) groups excluding carboxylic acids is 2. The number of rotatable bonds is 8. The molecular formula is C18H20N2O7S2. The Morgan fingerprint density at radius 1 is 1.31 bits per heavy atom. The van der Waals surface area contributed by atoms with Gasteiger partial charge in [0.2, 0.25) is 11.7 Å². The highest BCUT2D eigenvalue weighted by Gasteiger charge is 2.32. The first-order valence-electron chi connectivity index (χ1n) is 8.40. The molecule has 156 valence electrons. The number of nitrogens with zero attached hydrogens (tertiary/aromatic N) is 1. The van der Waals surface area contributed by atoms with Gasteiger partial charge in [0.1, 0.15) is 10.4 Å². The molecule has 2 amide bonds. The number of aliphatic carboxylic acids is 1. The van der Waals surface area contributed by atoms with E-state index in [0.717, 1.165) is 11.8 Å². The molecule has 1 aromatic rings. The second-order valence-electron chi connectivity index (χ2n) is 5.98. The van der Waals surface area contributed by atoms with Gasteiger partial charge in [0.05, 0.1) is 19.1 Å². The molecule has 1 unspecified atom stereocenters. The van der Waals surface area contributed by atoms with Crippen molar-refractivity contribution in [3.63, 3.8) is 0 Å². The number of carbonyl (C=O) groups is 3. The molecule has 1 aliphatic rings. The fourth-order valence-corrected chi connectivity index (χ4v) is 3.74. The largest absolute Gasteiger partial charge is 0.502 e. The fraction of sp³-hybridized carbons (Fsp3) is 0.333. The first-order chi connectivity index (χ1) is 13.7. The first-order valence-corrected chi connectivity index (χ1v) is 9.63. The van der Waals surface area contributed by atoms with Crippen molar-refractivity contribution >= 4 is 52.2 Å². The zero-order chi connectivity index (χ0) is 21.7. The van der Waals surface area contributed by atoms with Crippen LogP contribution in [0.1, 0.15) is 18.9 Å². The molecule has 1 saturated heterocycles. The molecule has 1 fully saturated rings. The van der Waals surface area contributed by atoms with Gasteiger partial charge in [-0.15, -0.1) is 0 Å². The van der Waals surface area contributed by atoms with Crippen LogP contribution in [-0.4, -0.2) is 64.0 Å². The monoisotopic (exact) mass is 440 g/mol. The van der Waals surface area contributed by atoms with Gasteiger partial charge in [-0.25, -0.2) is 0 Å². The van der Waals surface area contributed by atoms with E-state index in [4.69, 9.17) is 26.8 Å². The topological polar surface area (TPSA) is 125 Å². The smallest absolute Gasteiger partial charge is 0.325 e. The summed E-state index contributed by atoms with van der Waals surface area (Å²) in [5.41, 5.74) is 0.560. The number of phenols is 1. The zero-order valence-corrected chi connectivity index (χ0v) is 17.6. The first kappa shape index (κ1) is 22.5. The SMILES string of the molecule is COc1cc(/C=C2\SC(=S)N(CCC(=O)NC(C)C(=O)O)C2=O)cc(OC)c1O. The molecule has 1 aliphatic heterocycles. The van der Waals surface area contributed by atoms with Crippen molar-refractivity contribution in [3.8, 4) is 17.2 Å². The van der Waals surface area contributed by atoms with Crippen LogP contribution in [0.25, 0.3) is 6.08 Å². The lowest BCUT2D eigenvalue weighted by Gasteiger charge is -2.15. The number of carboxylic acid groups (broad SMARTS) is 1. The Morgan fingerprint density at radius 2 is 1.90 bits per heavy atom. The van der Waals surface area contributed by atoms with Gasteiger partial charge in [-0.1, -0.05) is 24.0 Å². The Bertz CT molecular complexity index is 860. The van der Waals surface area contributed by atoms with E-state index in [9.17, 15) is 19.5 Å². The van der Waals surface area contributed by atoms with Gasteiger partial charge in [0.25, 0.3) is 5.91 Å². The Morgan fingerprint density at radius 3 is 2.41 bits per heavy atom. The van der Waals surface area contributed by atoms with Gasteiger partial charge in [-0.2, -0.15) is 0 Å². The molecule has 0 bridgehead atoms. The number of ether oxygens (including phenoxy) is 2. The van der Waals surface area contributed by atoms with Crippen molar-refractivity contribution in [2.45, 2.75) is 19.4 Å². The van der Waals surface area contributed by atoms with Gasteiger partial charge >= 0.3 is 5.97 Å². The number of aromatic hydroxyl groups is 1. The van der Waals surface area contributed by atoms with Crippen LogP contribution in [0.15, 0.2) is 17.0 Å². The number of benzene rings is 1. The Hall–Kier alpha value is -2.79. The predicted octanol–water partition coefficient (Wildman–Crippen LogP) is 1.59. The summed E-state index contributed by atoms with van der Waals surface area (Å²) in [6.45, 7) is 1.38. The van der Waals surface area contributed by atoms with Crippen molar-refractivity contribution in [1.29, 1.82) is 0 Å². The lowest BCUT2D eigenvalue weighted by atomic mass is 10.1. The maximum atomic E-state index is 12.7. The summed E-state index contributed by atoms with van der Waals surface area (Å²) in [5, 5.41) is 21.1. The van der Waals surface area contributed by atoms with Crippen molar-refractivity contribution < 1.29 is 34.1 Å². The summed E-state index contributed by atoms with van der Waals surface area (Å²) in [7, 11) is 2.79. The third-order valence-corrected chi connectivity index (χ3v) is 5.36. The van der Waals surface area contributed by atoms with Crippen molar-refractivity contribution in [1.82, 2.24) is 10.2 Å². The van der Waals surface area contributed by atoms with E-state index in [0.29, 0.717) is 10.5 Å². The molecule has 0 aromatic heterocycles. The van der Waals surface area contributed by atoms with Crippen LogP contribution in [0.3, 0.4) is 0 Å². The minimum Gasteiger partial charge on any atom is -0.502 e. The Balaban J connectivity index is 2.12. The van der Waals surface area contributed by atoms with Gasteiger partial charge in [-0.3, -0.25) is 19.3 Å². The third-order valence-electron chi connectivity index (χ3n) is 3.98. The second kappa shape index (κ2) is 9.61. The maximum absolute atomic E-state index is 12.7. The molecule has 1 aromatic carbocycles. The van der Waals surface area contributed by atoms with Crippen LogP contribution in [0.2, 0.25) is 0 Å². The van der Waals surface area contributed by atoms with E-state index in [1.54, 1.807) is 18.2 Å². The van der Waals surface area contributed by atoms with E-state index < -0.39 is 17.9 Å². The number of amides is 2. The van der Waals surface area contributed by atoms with E-state index >= 15 is 0 Å². The van der Waals surface area contributed by atoms with Crippen LogP contribution in [0, 0.1) is 0 Å². The summed E-state index contributed by atoms with van der Waals surface area (Å²) in [6, 6.07) is 2.07. The molecule has 0 saturated carbocycles. The normalized spacial score (nSPS) is 16.1. The highest BCUT2D eigenvalue weighted by molar-refractivity contribution is 8.26. The van der Waals surface area contributed by atoms with Crippen LogP contribution >= 0.6 is 24.0 Å². The maximum Gasteiger partial charge on any atom is 0.325 e. The molecule has 1 heterocycles. The molecule has 11 heteroatoms. The summed E-state index contributed by atoms with van der Waals surface area (Å²) < 4.78 is 10.5. The Kier molecular flexibility index (Phi) is 7.46. The van der Waals surface area contributed by atoms with E-state index in [1.165, 1.54) is 26.0 Å². The van der Waals surface area contributed by atoms with Gasteiger partial charge in [0, 0.05) is 13.0 Å². The lowest BCUT2D eigenvalue weighted by molar-refractivity contribution is -0.141. The number of carboxylic acids is 1. The zero-order valence-electron chi connectivity index (χ0n) is 15.9. The molecular weight excluding hydrogens is 420 g/mol. The Labute approximate surface area is 176 Å². The molecule has 3 N–H and O–H groups in total. The van der Waals surface area contributed by atoms with Gasteiger partial charge in [-0.05, 0) is 30.7 Å². The van der Waals surface area contributed by atoms with Crippen LogP contribution in [0.4, 0.5) is 0 Å². The van der Waals surface area contributed by atoms with Crippen LogP contribution in [0.5, 0.6) is 17.2 Å². The van der Waals surface area contributed by atoms with Crippen LogP contribution < -0.4 is 14.8 Å². The highest BCUT2D eigenvalue weighted by Crippen LogP contribution is 2.39. The number of methoxy groups -OCH3 is 2. The van der Waals surface area contributed by atoms with Gasteiger partial charge in [0.15, 0.2) is 11.5 Å². The summed E-state index contributed by atoms with van der Waals surface area (Å²) in [6.07, 6.45) is 1.49. The van der Waals surface area contributed by atoms with Crippen molar-refractivity contribution in [3.05, 3.63) is 22.6 Å². The fourth-order valence-electron chi connectivity index (χ4n) is 2.43.